The van der Waals surface area contributed by atoms with Crippen LogP contribution in [0, 0.1) is 10.1 Å². The lowest BCUT2D eigenvalue weighted by Crippen LogP contribution is -2.28. The van der Waals surface area contributed by atoms with Gasteiger partial charge in [0.05, 0.1) is 11.5 Å². The van der Waals surface area contributed by atoms with Crippen LogP contribution in [0.5, 0.6) is 0 Å². The molecule has 0 aliphatic rings. The summed E-state index contributed by atoms with van der Waals surface area (Å²) < 4.78 is 5.02. The van der Waals surface area contributed by atoms with E-state index in [1.165, 1.54) is 6.33 Å². The van der Waals surface area contributed by atoms with Gasteiger partial charge >= 0.3 is 5.69 Å². The van der Waals surface area contributed by atoms with Crippen molar-refractivity contribution in [3.05, 3.63) is 16.4 Å². The molecule has 8 heteroatoms. The molecular weight excluding hydrogens is 262 g/mol. The lowest BCUT2D eigenvalue weighted by atomic mass is 10.3. The van der Waals surface area contributed by atoms with E-state index in [1.54, 1.807) is 12.0 Å². The van der Waals surface area contributed by atoms with Gasteiger partial charge in [-0.15, -0.1) is 0 Å². The van der Waals surface area contributed by atoms with Crippen molar-refractivity contribution in [1.29, 1.82) is 0 Å². The SMILES string of the molecule is CCCNc1ncnc(N(CC)CCOC)c1[N+](=O)[O-]. The Hall–Kier alpha value is -1.96. The van der Waals surface area contributed by atoms with Gasteiger partial charge in [-0.3, -0.25) is 10.1 Å². The average Bonchev–Trinajstić information content (AvgIpc) is 2.45. The molecule has 0 amide bonds. The van der Waals surface area contributed by atoms with E-state index in [9.17, 15) is 10.1 Å². The maximum atomic E-state index is 11.3. The average molecular weight is 283 g/mol. The van der Waals surface area contributed by atoms with E-state index >= 15 is 0 Å². The van der Waals surface area contributed by atoms with Crippen molar-refractivity contribution in [3.63, 3.8) is 0 Å². The fraction of sp³-hybridized carbons (Fsp3) is 0.667. The molecule has 0 unspecified atom stereocenters. The Morgan fingerprint density at radius 3 is 2.75 bits per heavy atom. The quantitative estimate of drug-likeness (QED) is 0.544. The molecule has 0 radical (unpaired) electrons. The summed E-state index contributed by atoms with van der Waals surface area (Å²) in [5.74, 6) is 0.584. The molecular formula is C12H21N5O3. The van der Waals surface area contributed by atoms with Crippen molar-refractivity contribution in [1.82, 2.24) is 9.97 Å². The normalized spacial score (nSPS) is 10.3. The van der Waals surface area contributed by atoms with Gasteiger partial charge in [-0.2, -0.15) is 0 Å². The van der Waals surface area contributed by atoms with Crippen LogP contribution in [0.25, 0.3) is 0 Å². The summed E-state index contributed by atoms with van der Waals surface area (Å²) in [5, 5.41) is 14.3. The fourth-order valence-electron chi connectivity index (χ4n) is 1.76. The molecule has 0 saturated heterocycles. The third kappa shape index (κ3) is 4.02. The van der Waals surface area contributed by atoms with Crippen LogP contribution in [0.3, 0.4) is 0 Å². The highest BCUT2D eigenvalue weighted by Gasteiger charge is 2.26. The van der Waals surface area contributed by atoms with Crippen LogP contribution in [0.1, 0.15) is 20.3 Å². The summed E-state index contributed by atoms with van der Waals surface area (Å²) >= 11 is 0. The van der Waals surface area contributed by atoms with Gasteiger partial charge in [0.1, 0.15) is 6.33 Å². The number of rotatable bonds is 9. The van der Waals surface area contributed by atoms with Crippen molar-refractivity contribution >= 4 is 17.3 Å². The molecule has 1 rings (SSSR count). The molecule has 112 valence electrons. The minimum atomic E-state index is -0.442. The first-order chi connectivity index (χ1) is 9.65. The largest absolute Gasteiger partial charge is 0.383 e. The van der Waals surface area contributed by atoms with Gasteiger partial charge in [-0.1, -0.05) is 6.92 Å². The van der Waals surface area contributed by atoms with Gasteiger partial charge in [-0.25, -0.2) is 9.97 Å². The molecule has 1 aromatic heterocycles. The maximum Gasteiger partial charge on any atom is 0.353 e. The van der Waals surface area contributed by atoms with Gasteiger partial charge in [0, 0.05) is 26.7 Å². The second-order valence-corrected chi connectivity index (χ2v) is 4.15. The zero-order valence-electron chi connectivity index (χ0n) is 12.1. The summed E-state index contributed by atoms with van der Waals surface area (Å²) in [5.41, 5.74) is -0.0843. The second kappa shape index (κ2) is 8.26. The number of aromatic nitrogens is 2. The number of methoxy groups -OCH3 is 1. The van der Waals surface area contributed by atoms with Crippen LogP contribution in [0.2, 0.25) is 0 Å². The van der Waals surface area contributed by atoms with Gasteiger partial charge in [0.2, 0.25) is 11.6 Å². The maximum absolute atomic E-state index is 11.3. The number of anilines is 2. The summed E-state index contributed by atoms with van der Waals surface area (Å²) in [6.07, 6.45) is 2.20. The first-order valence-electron chi connectivity index (χ1n) is 6.62. The van der Waals surface area contributed by atoms with Gasteiger partial charge < -0.3 is 15.0 Å². The number of nitrogens with one attached hydrogen (secondary N) is 1. The predicted molar refractivity (Wildman–Crippen MR) is 77.2 cm³/mol. The number of likely N-dealkylation sites (N-methyl/N-ethyl adjacent to an activating group) is 1. The number of nitro groups is 1. The predicted octanol–water partition coefficient (Wildman–Crippen LogP) is 1.68. The molecule has 0 bridgehead atoms. The zero-order chi connectivity index (χ0) is 15.0. The van der Waals surface area contributed by atoms with Gasteiger partial charge in [0.15, 0.2) is 0 Å². The van der Waals surface area contributed by atoms with Gasteiger partial charge in [0.25, 0.3) is 0 Å². The van der Waals surface area contributed by atoms with E-state index in [1.807, 2.05) is 13.8 Å². The Morgan fingerprint density at radius 1 is 1.45 bits per heavy atom. The molecule has 1 aromatic rings. The monoisotopic (exact) mass is 283 g/mol. The molecule has 1 N–H and O–H groups in total. The van der Waals surface area contributed by atoms with Crippen molar-refractivity contribution in [2.45, 2.75) is 20.3 Å². The minimum Gasteiger partial charge on any atom is -0.383 e. The van der Waals surface area contributed by atoms with Crippen LogP contribution < -0.4 is 10.2 Å². The highest BCUT2D eigenvalue weighted by molar-refractivity contribution is 5.70. The van der Waals surface area contributed by atoms with Gasteiger partial charge in [-0.05, 0) is 13.3 Å². The molecule has 0 atom stereocenters. The Labute approximate surface area is 118 Å². The molecule has 0 aromatic carbocycles. The summed E-state index contributed by atoms with van der Waals surface area (Å²) in [6, 6.07) is 0. The lowest BCUT2D eigenvalue weighted by Gasteiger charge is -2.21. The first kappa shape index (κ1) is 16.1. The Bertz CT molecular complexity index is 441. The summed E-state index contributed by atoms with van der Waals surface area (Å²) in [6.45, 7) is 6.15. The highest BCUT2D eigenvalue weighted by Crippen LogP contribution is 2.31. The third-order valence-corrected chi connectivity index (χ3v) is 2.77. The molecule has 20 heavy (non-hydrogen) atoms. The molecule has 0 aliphatic carbocycles. The lowest BCUT2D eigenvalue weighted by molar-refractivity contribution is -0.383. The molecule has 1 heterocycles. The van der Waals surface area contributed by atoms with E-state index in [0.29, 0.717) is 32.1 Å². The van der Waals surface area contributed by atoms with Crippen molar-refractivity contribution in [2.75, 3.05) is 43.6 Å². The smallest absolute Gasteiger partial charge is 0.353 e. The van der Waals surface area contributed by atoms with Crippen LogP contribution in [0.4, 0.5) is 17.3 Å². The van der Waals surface area contributed by atoms with Crippen LogP contribution >= 0.6 is 0 Å². The topological polar surface area (TPSA) is 93.4 Å². The second-order valence-electron chi connectivity index (χ2n) is 4.15. The van der Waals surface area contributed by atoms with Crippen molar-refractivity contribution in [2.24, 2.45) is 0 Å². The Balaban J connectivity index is 3.12. The summed E-state index contributed by atoms with van der Waals surface area (Å²) in [4.78, 5) is 20.7. The summed E-state index contributed by atoms with van der Waals surface area (Å²) in [7, 11) is 1.59. The third-order valence-electron chi connectivity index (χ3n) is 2.77. The van der Waals surface area contributed by atoms with E-state index < -0.39 is 4.92 Å². The van der Waals surface area contributed by atoms with Crippen molar-refractivity contribution < 1.29 is 9.66 Å². The van der Waals surface area contributed by atoms with E-state index in [-0.39, 0.29) is 11.5 Å². The van der Waals surface area contributed by atoms with Crippen LogP contribution in [-0.4, -0.2) is 48.2 Å². The van der Waals surface area contributed by atoms with E-state index in [2.05, 4.69) is 15.3 Å². The standard InChI is InChI=1S/C12H21N5O3/c1-4-6-13-11-10(17(18)19)12(15-9-14-11)16(5-2)7-8-20-3/h9H,4-8H2,1-3H3,(H,13,14,15). The van der Waals surface area contributed by atoms with Crippen LogP contribution in [0.15, 0.2) is 6.33 Å². The zero-order valence-corrected chi connectivity index (χ0v) is 12.1. The highest BCUT2D eigenvalue weighted by atomic mass is 16.6. The number of hydrogen-bond acceptors (Lipinski definition) is 7. The number of ether oxygens (including phenoxy) is 1. The first-order valence-corrected chi connectivity index (χ1v) is 6.62. The fourth-order valence-corrected chi connectivity index (χ4v) is 1.76. The van der Waals surface area contributed by atoms with Crippen LogP contribution in [-0.2, 0) is 4.74 Å². The van der Waals surface area contributed by atoms with Crippen molar-refractivity contribution in [3.8, 4) is 0 Å². The Morgan fingerprint density at radius 2 is 2.20 bits per heavy atom. The molecule has 8 nitrogen and oxygen atoms in total. The molecule has 0 saturated carbocycles. The Kier molecular flexibility index (Phi) is 6.65. The molecule has 0 fully saturated rings. The number of nitrogens with zero attached hydrogens (tertiary/aromatic N) is 4. The minimum absolute atomic E-state index is 0.0843. The van der Waals surface area contributed by atoms with E-state index in [4.69, 9.17) is 4.74 Å². The number of hydrogen-bond donors (Lipinski definition) is 1. The van der Waals surface area contributed by atoms with E-state index in [0.717, 1.165) is 6.42 Å². The molecule has 0 spiro atoms. The molecule has 0 aliphatic heterocycles.